The van der Waals surface area contributed by atoms with Crippen LogP contribution in [-0.4, -0.2) is 38.6 Å². The fraction of sp³-hybridized carbons (Fsp3) is 0.222. The fourth-order valence-corrected chi connectivity index (χ4v) is 2.25. The average molecular weight is 380 g/mol. The Balaban J connectivity index is 1.83. The molecular formula is C18H19ClFN3O3. The number of amides is 2. The highest BCUT2D eigenvalue weighted by Crippen LogP contribution is 2.19. The predicted octanol–water partition coefficient (Wildman–Crippen LogP) is 2.91. The quantitative estimate of drug-likeness (QED) is 0.616. The Hall–Kier alpha value is -2.64. The maximum atomic E-state index is 13.1. The monoisotopic (exact) mass is 379 g/mol. The van der Waals surface area contributed by atoms with Gasteiger partial charge in [-0.3, -0.25) is 9.59 Å². The Kier molecular flexibility index (Phi) is 7.37. The lowest BCUT2D eigenvalue weighted by Gasteiger charge is -2.09. The van der Waals surface area contributed by atoms with Gasteiger partial charge in [0.25, 0.3) is 5.91 Å². The van der Waals surface area contributed by atoms with Gasteiger partial charge in [0.05, 0.1) is 18.2 Å². The van der Waals surface area contributed by atoms with Crippen molar-refractivity contribution in [2.75, 3.05) is 37.4 Å². The molecule has 2 aromatic carbocycles. The second-order valence-electron chi connectivity index (χ2n) is 5.36. The molecule has 3 N–H and O–H groups in total. The predicted molar refractivity (Wildman–Crippen MR) is 99.2 cm³/mol. The molecule has 0 unspecified atom stereocenters. The van der Waals surface area contributed by atoms with Crippen LogP contribution >= 0.6 is 11.6 Å². The first-order valence-corrected chi connectivity index (χ1v) is 8.23. The molecule has 0 aliphatic carbocycles. The second-order valence-corrected chi connectivity index (χ2v) is 5.76. The molecule has 0 aliphatic rings. The van der Waals surface area contributed by atoms with Gasteiger partial charge in [-0.1, -0.05) is 11.6 Å². The minimum atomic E-state index is -0.520. The molecule has 138 valence electrons. The second kappa shape index (κ2) is 9.74. The number of hydrogen-bond donors (Lipinski definition) is 3. The van der Waals surface area contributed by atoms with Crippen molar-refractivity contribution in [1.29, 1.82) is 0 Å². The van der Waals surface area contributed by atoms with E-state index in [0.29, 0.717) is 30.1 Å². The minimum absolute atomic E-state index is 0.0127. The van der Waals surface area contributed by atoms with Crippen molar-refractivity contribution >= 4 is 34.8 Å². The molecule has 0 bridgehead atoms. The van der Waals surface area contributed by atoms with E-state index in [1.165, 1.54) is 18.2 Å². The Bertz CT molecular complexity index is 769. The lowest BCUT2D eigenvalue weighted by molar-refractivity contribution is -0.114. The van der Waals surface area contributed by atoms with Crippen molar-refractivity contribution in [2.24, 2.45) is 0 Å². The van der Waals surface area contributed by atoms with Gasteiger partial charge in [0, 0.05) is 30.6 Å². The first-order valence-electron chi connectivity index (χ1n) is 7.85. The van der Waals surface area contributed by atoms with Gasteiger partial charge in [0.1, 0.15) is 5.82 Å². The van der Waals surface area contributed by atoms with Gasteiger partial charge >= 0.3 is 0 Å². The summed E-state index contributed by atoms with van der Waals surface area (Å²) < 4.78 is 18.0. The number of nitrogens with one attached hydrogen (secondary N) is 3. The van der Waals surface area contributed by atoms with Crippen LogP contribution in [0.1, 0.15) is 10.4 Å². The lowest BCUT2D eigenvalue weighted by Crippen LogP contribution is -2.27. The third kappa shape index (κ3) is 6.02. The standard InChI is InChI=1S/C18H19ClFN3O3/c1-26-9-8-21-18(25)12-2-4-13(5-3-12)23-17(24)11-22-14-6-7-16(20)15(19)10-14/h2-7,10,22H,8-9,11H2,1H3,(H,21,25)(H,23,24). The summed E-state index contributed by atoms with van der Waals surface area (Å²) in [6.07, 6.45) is 0. The van der Waals surface area contributed by atoms with E-state index in [4.69, 9.17) is 16.3 Å². The summed E-state index contributed by atoms with van der Waals surface area (Å²) in [5.41, 5.74) is 1.58. The van der Waals surface area contributed by atoms with Crippen LogP contribution in [0.4, 0.5) is 15.8 Å². The van der Waals surface area contributed by atoms with E-state index in [2.05, 4.69) is 16.0 Å². The number of carbonyl (C=O) groups is 2. The van der Waals surface area contributed by atoms with Crippen LogP contribution in [0.15, 0.2) is 42.5 Å². The van der Waals surface area contributed by atoms with E-state index in [1.54, 1.807) is 31.4 Å². The highest BCUT2D eigenvalue weighted by atomic mass is 35.5. The van der Waals surface area contributed by atoms with Crippen molar-refractivity contribution in [3.63, 3.8) is 0 Å². The third-order valence-electron chi connectivity index (χ3n) is 3.40. The van der Waals surface area contributed by atoms with Gasteiger partial charge in [0.15, 0.2) is 0 Å². The van der Waals surface area contributed by atoms with Crippen LogP contribution in [0.3, 0.4) is 0 Å². The number of carbonyl (C=O) groups excluding carboxylic acids is 2. The molecule has 0 atom stereocenters. The number of rotatable bonds is 8. The van der Waals surface area contributed by atoms with Crippen LogP contribution in [0.2, 0.25) is 5.02 Å². The van der Waals surface area contributed by atoms with E-state index < -0.39 is 5.82 Å². The van der Waals surface area contributed by atoms with E-state index in [0.717, 1.165) is 0 Å². The zero-order chi connectivity index (χ0) is 18.9. The van der Waals surface area contributed by atoms with Crippen molar-refractivity contribution in [3.8, 4) is 0 Å². The van der Waals surface area contributed by atoms with Gasteiger partial charge in [0.2, 0.25) is 5.91 Å². The number of anilines is 2. The Morgan fingerprint density at radius 3 is 2.46 bits per heavy atom. The molecule has 0 fully saturated rings. The summed E-state index contributed by atoms with van der Waals surface area (Å²) >= 11 is 5.68. The number of benzene rings is 2. The first kappa shape index (κ1) is 19.7. The zero-order valence-corrected chi connectivity index (χ0v) is 14.9. The number of halogens is 2. The van der Waals surface area contributed by atoms with Gasteiger partial charge in [-0.15, -0.1) is 0 Å². The number of methoxy groups -OCH3 is 1. The van der Waals surface area contributed by atoms with Crippen molar-refractivity contribution in [1.82, 2.24) is 5.32 Å². The Morgan fingerprint density at radius 2 is 1.81 bits per heavy atom. The van der Waals surface area contributed by atoms with Crippen LogP contribution in [-0.2, 0) is 9.53 Å². The van der Waals surface area contributed by atoms with E-state index in [9.17, 15) is 14.0 Å². The molecule has 0 saturated heterocycles. The van der Waals surface area contributed by atoms with Gasteiger partial charge < -0.3 is 20.7 Å². The Labute approximate surface area is 155 Å². The number of ether oxygens (including phenoxy) is 1. The third-order valence-corrected chi connectivity index (χ3v) is 3.68. The van der Waals surface area contributed by atoms with Gasteiger partial charge in [-0.2, -0.15) is 0 Å². The highest BCUT2D eigenvalue weighted by molar-refractivity contribution is 6.31. The number of hydrogen-bond acceptors (Lipinski definition) is 4. The van der Waals surface area contributed by atoms with Crippen LogP contribution < -0.4 is 16.0 Å². The Morgan fingerprint density at radius 1 is 1.12 bits per heavy atom. The molecule has 2 aromatic rings. The first-order chi connectivity index (χ1) is 12.5. The SMILES string of the molecule is COCCNC(=O)c1ccc(NC(=O)CNc2ccc(F)c(Cl)c2)cc1. The molecule has 0 radical (unpaired) electrons. The normalized spacial score (nSPS) is 10.3. The topological polar surface area (TPSA) is 79.5 Å². The molecule has 0 aliphatic heterocycles. The van der Waals surface area contributed by atoms with Crippen molar-refractivity contribution in [3.05, 3.63) is 58.9 Å². The molecule has 2 amide bonds. The highest BCUT2D eigenvalue weighted by Gasteiger charge is 2.07. The van der Waals surface area contributed by atoms with Crippen LogP contribution in [0, 0.1) is 5.82 Å². The molecule has 6 nitrogen and oxygen atoms in total. The van der Waals surface area contributed by atoms with Crippen LogP contribution in [0.25, 0.3) is 0 Å². The molecular weight excluding hydrogens is 361 g/mol. The molecule has 0 saturated carbocycles. The molecule has 26 heavy (non-hydrogen) atoms. The van der Waals surface area contributed by atoms with Gasteiger partial charge in [-0.25, -0.2) is 4.39 Å². The van der Waals surface area contributed by atoms with Crippen LogP contribution in [0.5, 0.6) is 0 Å². The zero-order valence-electron chi connectivity index (χ0n) is 14.1. The minimum Gasteiger partial charge on any atom is -0.383 e. The lowest BCUT2D eigenvalue weighted by atomic mass is 10.2. The molecule has 0 heterocycles. The smallest absolute Gasteiger partial charge is 0.251 e. The largest absolute Gasteiger partial charge is 0.383 e. The molecule has 2 rings (SSSR count). The molecule has 0 aromatic heterocycles. The molecule has 8 heteroatoms. The van der Waals surface area contributed by atoms with Crippen molar-refractivity contribution in [2.45, 2.75) is 0 Å². The average Bonchev–Trinajstić information content (AvgIpc) is 2.63. The summed E-state index contributed by atoms with van der Waals surface area (Å²) in [6.45, 7) is 0.847. The summed E-state index contributed by atoms with van der Waals surface area (Å²) in [5.74, 6) is -1.02. The van der Waals surface area contributed by atoms with Crippen molar-refractivity contribution < 1.29 is 18.7 Å². The van der Waals surface area contributed by atoms with E-state index >= 15 is 0 Å². The molecule has 0 spiro atoms. The summed E-state index contributed by atoms with van der Waals surface area (Å²) in [7, 11) is 1.56. The maximum absolute atomic E-state index is 13.1. The van der Waals surface area contributed by atoms with E-state index in [-0.39, 0.29) is 23.4 Å². The maximum Gasteiger partial charge on any atom is 0.251 e. The summed E-state index contributed by atoms with van der Waals surface area (Å²) in [5, 5.41) is 8.24. The summed E-state index contributed by atoms with van der Waals surface area (Å²) in [4.78, 5) is 23.8. The van der Waals surface area contributed by atoms with E-state index in [1.807, 2.05) is 0 Å². The summed E-state index contributed by atoms with van der Waals surface area (Å²) in [6, 6.07) is 10.6. The fourth-order valence-electron chi connectivity index (χ4n) is 2.07. The van der Waals surface area contributed by atoms with Gasteiger partial charge in [-0.05, 0) is 42.5 Å².